The van der Waals surface area contributed by atoms with Crippen molar-refractivity contribution in [3.8, 4) is 0 Å². The van der Waals surface area contributed by atoms with Crippen molar-refractivity contribution in [3.05, 3.63) is 0 Å². The average Bonchev–Trinajstić information content (AvgIpc) is 3.38. The number of rotatable bonds is 13. The van der Waals surface area contributed by atoms with Crippen molar-refractivity contribution in [1.82, 2.24) is 55.6 Å². The lowest BCUT2D eigenvalue weighted by atomic mass is 9.93. The van der Waals surface area contributed by atoms with Crippen LogP contribution >= 0.6 is 0 Å². The van der Waals surface area contributed by atoms with E-state index < -0.39 is 156 Å². The van der Waals surface area contributed by atoms with Gasteiger partial charge >= 0.3 is 0 Å². The molecule has 1 saturated heterocycles. The smallest absolute Gasteiger partial charge is 0.246 e. The minimum Gasteiger partial charge on any atom is -0.390 e. The van der Waals surface area contributed by atoms with E-state index in [4.69, 9.17) is 0 Å². The lowest BCUT2D eigenvalue weighted by molar-refractivity contribution is -0.157. The number of hydrogen-bond acceptors (Lipinski definition) is 12. The van der Waals surface area contributed by atoms with Crippen LogP contribution in [0.2, 0.25) is 0 Å². The van der Waals surface area contributed by atoms with E-state index in [0.29, 0.717) is 0 Å². The SMILES string of the molecule is CC[C@@H]1NC(=O)[C@H]([C@H](O)C(C)C)N(C)C(=O)C(C(C)C)N(C)C(=O)[C@H](CC(C)C)N(C)C(=O)[C@H](CC(C)C)N(C)C(=O)[C@@H](C)NC(=O)[C@H](C)NC(=O)[C@H](CC(C)C)N(C)C(=O)[C@H](C(C)C)NC(=O)[C@H](CC(C)C)N(C)C(=O)CN(C)C1=O. The van der Waals surface area contributed by atoms with Crippen LogP contribution in [-0.2, 0) is 52.7 Å². The second kappa shape index (κ2) is 32.8. The summed E-state index contributed by atoms with van der Waals surface area (Å²) >= 11 is 0. The third kappa shape index (κ3) is 20.2. The van der Waals surface area contributed by atoms with Crippen LogP contribution in [0, 0.1) is 41.4 Å². The molecule has 0 aromatic carbocycles. The van der Waals surface area contributed by atoms with E-state index in [0.717, 1.165) is 9.80 Å². The molecule has 0 bridgehead atoms. The number of amides is 11. The number of likely N-dealkylation sites (N-methyl/N-ethyl adjacent to an activating group) is 7. The monoisotopic (exact) mass is 1160 g/mol. The van der Waals surface area contributed by atoms with Gasteiger partial charge in [0, 0.05) is 49.3 Å². The largest absolute Gasteiger partial charge is 0.390 e. The van der Waals surface area contributed by atoms with E-state index in [-0.39, 0.29) is 55.8 Å². The van der Waals surface area contributed by atoms with Gasteiger partial charge in [-0.3, -0.25) is 52.7 Å². The molecule has 11 amide bonds. The van der Waals surface area contributed by atoms with Crippen LogP contribution in [0.5, 0.6) is 0 Å². The fourth-order valence-corrected chi connectivity index (χ4v) is 10.2. The molecule has 0 spiro atoms. The fraction of sp³-hybridized carbons (Fsp3) is 0.814. The van der Waals surface area contributed by atoms with E-state index in [9.17, 15) is 57.8 Å². The molecule has 82 heavy (non-hydrogen) atoms. The summed E-state index contributed by atoms with van der Waals surface area (Å²) in [5.74, 6) is -9.64. The van der Waals surface area contributed by atoms with Gasteiger partial charge in [0.15, 0.2) is 0 Å². The lowest BCUT2D eigenvalue weighted by Gasteiger charge is -2.41. The van der Waals surface area contributed by atoms with E-state index in [1.54, 1.807) is 48.5 Å². The van der Waals surface area contributed by atoms with Gasteiger partial charge in [-0.1, -0.05) is 104 Å². The van der Waals surface area contributed by atoms with Crippen molar-refractivity contribution in [2.45, 2.75) is 216 Å². The van der Waals surface area contributed by atoms with Crippen molar-refractivity contribution in [2.75, 3.05) is 55.9 Å². The maximum Gasteiger partial charge on any atom is 0.246 e. The molecule has 1 heterocycles. The highest BCUT2D eigenvalue weighted by Crippen LogP contribution is 2.25. The summed E-state index contributed by atoms with van der Waals surface area (Å²) in [5, 5.41) is 22.6. The second-order valence-corrected chi connectivity index (χ2v) is 25.6. The van der Waals surface area contributed by atoms with Crippen molar-refractivity contribution >= 4 is 65.0 Å². The van der Waals surface area contributed by atoms with Gasteiger partial charge in [-0.2, -0.15) is 0 Å². The summed E-state index contributed by atoms with van der Waals surface area (Å²) in [7, 11) is 9.88. The molecule has 1 rings (SSSR count). The lowest BCUT2D eigenvalue weighted by Crippen LogP contribution is -2.63. The first-order chi connectivity index (χ1) is 37.7. The van der Waals surface area contributed by atoms with Gasteiger partial charge in [-0.25, -0.2) is 0 Å². The average molecular weight is 1160 g/mol. The second-order valence-electron chi connectivity index (χ2n) is 25.6. The van der Waals surface area contributed by atoms with E-state index in [1.807, 2.05) is 55.4 Å². The molecule has 23 nitrogen and oxygen atoms in total. The standard InChI is InChI=1S/C59H107N11O12/c1-25-40-55(78)64(18)30-45(71)65(19)41(26-31(2)3)52(75)63-46(35(10)11)58(81)66(20)42(27-32(4)5)51(74)60-38(16)50(73)61-39(17)54(77)67(21)43(28-33(6)7)56(79)68(22)44(29-34(8)9)57(80)69(23)47(36(12)13)59(82)70(24)48(53(76)62-40)49(72)37(14)15/h31-44,46-49,72H,25-30H2,1-24H3,(H,60,74)(H,61,73)(H,62,76)(H,63,75)/t38-,39+,40-,41-,42-,43-,44-,46-,47?,48-,49+/m0/s1. The van der Waals surface area contributed by atoms with E-state index in [2.05, 4.69) is 21.3 Å². The van der Waals surface area contributed by atoms with Crippen LogP contribution in [0.3, 0.4) is 0 Å². The van der Waals surface area contributed by atoms with Gasteiger partial charge in [0.05, 0.1) is 12.6 Å². The van der Waals surface area contributed by atoms with Crippen LogP contribution in [0.25, 0.3) is 0 Å². The number of carbonyl (C=O) groups is 11. The molecule has 23 heteroatoms. The van der Waals surface area contributed by atoms with Crippen LogP contribution in [0.4, 0.5) is 0 Å². The molecule has 0 aliphatic carbocycles. The van der Waals surface area contributed by atoms with Gasteiger partial charge in [0.25, 0.3) is 0 Å². The molecule has 0 saturated carbocycles. The third-order valence-corrected chi connectivity index (χ3v) is 15.4. The van der Waals surface area contributed by atoms with Crippen LogP contribution < -0.4 is 21.3 Å². The Morgan fingerprint density at radius 2 is 0.805 bits per heavy atom. The maximum absolute atomic E-state index is 15.0. The van der Waals surface area contributed by atoms with Gasteiger partial charge < -0.3 is 60.7 Å². The highest BCUT2D eigenvalue weighted by Gasteiger charge is 2.45. The number of nitrogens with one attached hydrogen (secondary N) is 4. The predicted octanol–water partition coefficient (Wildman–Crippen LogP) is 2.32. The summed E-state index contributed by atoms with van der Waals surface area (Å²) < 4.78 is 0. The molecule has 1 fully saturated rings. The first kappa shape index (κ1) is 74.1. The van der Waals surface area contributed by atoms with Gasteiger partial charge in [-0.15, -0.1) is 0 Å². The quantitative estimate of drug-likeness (QED) is 0.178. The molecule has 1 aliphatic rings. The van der Waals surface area contributed by atoms with Crippen molar-refractivity contribution in [1.29, 1.82) is 0 Å². The number of hydrogen-bond donors (Lipinski definition) is 5. The molecule has 1 aliphatic heterocycles. The highest BCUT2D eigenvalue weighted by atomic mass is 16.3. The molecule has 0 aromatic heterocycles. The molecule has 1 unspecified atom stereocenters. The van der Waals surface area contributed by atoms with Gasteiger partial charge in [-0.05, 0) is 87.4 Å². The number of aliphatic hydroxyl groups excluding tert-OH is 1. The van der Waals surface area contributed by atoms with Crippen LogP contribution in [0.1, 0.15) is 150 Å². The Morgan fingerprint density at radius 1 is 0.415 bits per heavy atom. The highest BCUT2D eigenvalue weighted by molar-refractivity contribution is 5.99. The number of nitrogens with zero attached hydrogens (tertiary/aromatic N) is 7. The maximum atomic E-state index is 15.0. The number of aliphatic hydroxyl groups is 1. The fourth-order valence-electron chi connectivity index (χ4n) is 10.2. The Balaban J connectivity index is 4.25. The molecular weight excluding hydrogens is 1050 g/mol. The Labute approximate surface area is 490 Å². The number of carbonyl (C=O) groups excluding carboxylic acids is 11. The third-order valence-electron chi connectivity index (χ3n) is 15.4. The molecule has 11 atom stereocenters. The molecule has 5 N–H and O–H groups in total. The minimum absolute atomic E-state index is 0.0304. The minimum atomic E-state index is -1.58. The normalized spacial score (nSPS) is 27.0. The van der Waals surface area contributed by atoms with Gasteiger partial charge in [0.2, 0.25) is 65.0 Å². The van der Waals surface area contributed by atoms with Crippen molar-refractivity contribution < 1.29 is 57.8 Å². The zero-order chi connectivity index (χ0) is 63.9. The Morgan fingerprint density at radius 3 is 1.23 bits per heavy atom. The Bertz CT molecular complexity index is 2220. The Hall–Kier alpha value is -5.87. The summed E-state index contributed by atoms with van der Waals surface area (Å²) in [6.45, 7) is 29.1. The topological polar surface area (TPSA) is 279 Å². The zero-order valence-corrected chi connectivity index (χ0v) is 54.2. The Kier molecular flexibility index (Phi) is 29.7. The first-order valence-electron chi connectivity index (χ1n) is 29.4. The van der Waals surface area contributed by atoms with Crippen LogP contribution in [-0.4, -0.2) is 227 Å². The van der Waals surface area contributed by atoms with Crippen molar-refractivity contribution in [3.63, 3.8) is 0 Å². The molecular formula is C59H107N11O12. The predicted molar refractivity (Wildman–Crippen MR) is 315 cm³/mol. The summed E-state index contributed by atoms with van der Waals surface area (Å²) in [6.07, 6.45) is -0.807. The van der Waals surface area contributed by atoms with E-state index >= 15 is 0 Å². The molecule has 0 aromatic rings. The summed E-state index contributed by atoms with van der Waals surface area (Å²) in [6, 6.07) is -12.2. The molecule has 470 valence electrons. The van der Waals surface area contributed by atoms with Crippen molar-refractivity contribution in [2.24, 2.45) is 41.4 Å². The van der Waals surface area contributed by atoms with Crippen LogP contribution in [0.15, 0.2) is 0 Å². The molecule has 0 radical (unpaired) electrons. The van der Waals surface area contributed by atoms with E-state index in [1.165, 1.54) is 87.7 Å². The zero-order valence-electron chi connectivity index (χ0n) is 54.2. The summed E-state index contributed by atoms with van der Waals surface area (Å²) in [4.78, 5) is 167. The van der Waals surface area contributed by atoms with Gasteiger partial charge in [0.1, 0.15) is 60.4 Å². The summed E-state index contributed by atoms with van der Waals surface area (Å²) in [5.41, 5.74) is 0. The first-order valence-corrected chi connectivity index (χ1v) is 29.4.